The Balaban J connectivity index is 0.000000208. The van der Waals surface area contributed by atoms with Crippen LogP contribution < -0.4 is 0 Å². The molecule has 0 aliphatic carbocycles. The van der Waals surface area contributed by atoms with Gasteiger partial charge in [0.25, 0.3) is 0 Å². The second-order valence-electron chi connectivity index (χ2n) is 9.83. The van der Waals surface area contributed by atoms with E-state index in [1.807, 2.05) is 84.9 Å². The second-order valence-corrected chi connectivity index (χ2v) is 9.83. The summed E-state index contributed by atoms with van der Waals surface area (Å²) in [4.78, 5) is 33.2. The van der Waals surface area contributed by atoms with Crippen LogP contribution in [0.3, 0.4) is 0 Å². The maximum Gasteiger partial charge on any atom is 2.00 e. The van der Waals surface area contributed by atoms with Crippen LogP contribution in [0.1, 0.15) is 61.1 Å². The Bertz CT molecular complexity index is 1980. The number of fused-ring (bicyclic) bond motifs is 2. The van der Waals surface area contributed by atoms with E-state index in [1.54, 1.807) is 27.7 Å². The zero-order chi connectivity index (χ0) is 32.5. The molecule has 2 heterocycles. The molecule has 0 saturated carbocycles. The van der Waals surface area contributed by atoms with Crippen molar-refractivity contribution in [3.8, 4) is 47.4 Å². The molecule has 2 amide bonds. The average molecular weight is 779 g/mol. The molecule has 0 N–H and O–H groups in total. The summed E-state index contributed by atoms with van der Waals surface area (Å²) in [6.07, 6.45) is 0. The number of carbonyl (C=O) groups is 2. The van der Waals surface area contributed by atoms with E-state index in [-0.39, 0.29) is 32.9 Å². The molecule has 0 radical (unpaired) electrons. The molecule has 47 heavy (non-hydrogen) atoms. The zero-order valence-electron chi connectivity index (χ0n) is 26.1. The number of nitrogens with zero attached hydrogens (tertiary/aromatic N) is 4. The van der Waals surface area contributed by atoms with Gasteiger partial charge < -0.3 is 20.2 Å². The van der Waals surface area contributed by atoms with Gasteiger partial charge in [0.2, 0.25) is 0 Å². The van der Waals surface area contributed by atoms with E-state index in [1.165, 1.54) is 0 Å². The van der Waals surface area contributed by atoms with Crippen molar-refractivity contribution in [2.75, 3.05) is 0 Å². The second kappa shape index (κ2) is 15.9. The maximum atomic E-state index is 12.1. The standard InChI is InChI=1S/2C20H14N2O.W/c2*1-3-7-14-11-15(8-4-2)13-16(12-14)21-19-17-9-5-6-10-18(17)22-20(19)23;/h2*5-6,9-13H,1-2H3,(H,21,22,23);/q;;+2/p-2. The van der Waals surface area contributed by atoms with Crippen molar-refractivity contribution < 1.29 is 30.7 Å². The van der Waals surface area contributed by atoms with Gasteiger partial charge >= 0.3 is 21.1 Å². The van der Waals surface area contributed by atoms with Crippen LogP contribution >= 0.6 is 0 Å². The van der Waals surface area contributed by atoms with Crippen LogP contribution in [0.2, 0.25) is 0 Å². The molecule has 2 aliphatic heterocycles. The number of carbonyl (C=O) groups excluding carboxylic acids is 2. The molecule has 0 unspecified atom stereocenters. The summed E-state index contributed by atoms with van der Waals surface area (Å²) in [5, 5.41) is 8.04. The van der Waals surface area contributed by atoms with Gasteiger partial charge in [-0.15, -0.1) is 35.1 Å². The summed E-state index contributed by atoms with van der Waals surface area (Å²) in [6.45, 7) is 7.11. The van der Waals surface area contributed by atoms with Gasteiger partial charge in [-0.3, -0.25) is 0 Å². The number of benzene rings is 4. The molecule has 0 aromatic heterocycles. The number of hydrogen-bond donors (Lipinski definition) is 0. The third kappa shape index (κ3) is 8.22. The van der Waals surface area contributed by atoms with Gasteiger partial charge in [-0.2, -0.15) is 0 Å². The topological polar surface area (TPSA) is 87.1 Å². The number of aliphatic imine (C=N–C) groups is 2. The molecule has 2 aliphatic rings. The molecule has 224 valence electrons. The van der Waals surface area contributed by atoms with Crippen molar-refractivity contribution in [1.82, 2.24) is 0 Å². The molecule has 4 aromatic carbocycles. The van der Waals surface area contributed by atoms with Crippen LogP contribution in [0.25, 0.3) is 10.6 Å². The van der Waals surface area contributed by atoms with Crippen molar-refractivity contribution in [3.63, 3.8) is 0 Å². The number of para-hydroxylation sites is 2. The number of hydrogen-bond acceptors (Lipinski definition) is 4. The molecule has 6 nitrogen and oxygen atoms in total. The summed E-state index contributed by atoms with van der Waals surface area (Å²) in [6, 6.07) is 26.0. The van der Waals surface area contributed by atoms with E-state index in [0.717, 1.165) is 33.4 Å². The molecular weight excluding hydrogens is 752 g/mol. The maximum absolute atomic E-state index is 12.1. The van der Waals surface area contributed by atoms with E-state index >= 15 is 0 Å². The zero-order valence-corrected chi connectivity index (χ0v) is 29.0. The third-order valence-electron chi connectivity index (χ3n) is 6.56. The smallest absolute Gasteiger partial charge is 0.621 e. The first-order valence-corrected chi connectivity index (χ1v) is 14.3. The van der Waals surface area contributed by atoms with Crippen LogP contribution in [0.4, 0.5) is 22.7 Å². The molecule has 0 bridgehead atoms. The van der Waals surface area contributed by atoms with Crippen LogP contribution in [-0.2, 0) is 30.7 Å². The first-order valence-electron chi connectivity index (χ1n) is 14.3. The van der Waals surface area contributed by atoms with E-state index in [0.29, 0.717) is 34.2 Å². The minimum absolute atomic E-state index is 0. The quantitative estimate of drug-likeness (QED) is 0.192. The van der Waals surface area contributed by atoms with Crippen molar-refractivity contribution in [2.45, 2.75) is 27.7 Å². The van der Waals surface area contributed by atoms with Gasteiger partial charge in [-0.1, -0.05) is 72.2 Å². The minimum Gasteiger partial charge on any atom is -0.621 e. The molecule has 0 atom stereocenters. The fourth-order valence-corrected chi connectivity index (χ4v) is 4.79. The predicted octanol–water partition coefficient (Wildman–Crippen LogP) is 8.19. The molecule has 0 saturated heterocycles. The molecular formula is C40H26N4O2W. The van der Waals surface area contributed by atoms with Gasteiger partial charge in [-0.25, -0.2) is 9.98 Å². The normalized spacial score (nSPS) is 13.2. The monoisotopic (exact) mass is 778 g/mol. The molecule has 4 aromatic rings. The number of amides is 2. The van der Waals surface area contributed by atoms with Crippen LogP contribution in [0.15, 0.2) is 94.9 Å². The van der Waals surface area contributed by atoms with E-state index < -0.39 is 0 Å². The van der Waals surface area contributed by atoms with Crippen molar-refractivity contribution in [1.29, 1.82) is 0 Å². The summed E-state index contributed by atoms with van der Waals surface area (Å²) in [5.41, 5.74) is 8.15. The van der Waals surface area contributed by atoms with Gasteiger partial charge in [0.1, 0.15) is 11.8 Å². The fraction of sp³-hybridized carbons (Fsp3) is 0.100. The van der Waals surface area contributed by atoms with Crippen LogP contribution in [0.5, 0.6) is 0 Å². The Labute approximate surface area is 289 Å². The van der Waals surface area contributed by atoms with Gasteiger partial charge in [0.15, 0.2) is 0 Å². The molecule has 6 rings (SSSR count). The van der Waals surface area contributed by atoms with Gasteiger partial charge in [0, 0.05) is 22.3 Å². The summed E-state index contributed by atoms with van der Waals surface area (Å²) < 4.78 is 0. The average Bonchev–Trinajstić information content (AvgIpc) is 3.52. The number of rotatable bonds is 2. The first-order chi connectivity index (χ1) is 22.4. The van der Waals surface area contributed by atoms with Gasteiger partial charge in [0.05, 0.1) is 22.8 Å². The Kier molecular flexibility index (Phi) is 11.5. The summed E-state index contributed by atoms with van der Waals surface area (Å²) in [7, 11) is 0. The third-order valence-corrected chi connectivity index (χ3v) is 6.56. The van der Waals surface area contributed by atoms with Crippen molar-refractivity contribution in [2.24, 2.45) is 9.98 Å². The SMILES string of the molecule is CC#Cc1cc(C#CC)cc(N=C2C(=O)[N-]c3ccccc32)c1.CC#Cc1cc(C#CC)cc(N=C2C(=O)[N-]c3ccccc32)c1.[W+2]. The Morgan fingerprint density at radius 1 is 0.489 bits per heavy atom. The largest absolute Gasteiger partial charge is 2.00 e. The van der Waals surface area contributed by atoms with E-state index in [2.05, 4.69) is 68.0 Å². The van der Waals surface area contributed by atoms with Gasteiger partial charge in [-0.05, 0) is 75.2 Å². The molecule has 7 heteroatoms. The molecule has 0 fully saturated rings. The summed E-state index contributed by atoms with van der Waals surface area (Å²) >= 11 is 0. The first kappa shape index (κ1) is 34.0. The van der Waals surface area contributed by atoms with E-state index in [4.69, 9.17) is 0 Å². The predicted molar refractivity (Wildman–Crippen MR) is 184 cm³/mol. The Hall–Kier alpha value is -5.91. The van der Waals surface area contributed by atoms with Crippen LogP contribution in [0, 0.1) is 47.4 Å². The van der Waals surface area contributed by atoms with Crippen molar-refractivity contribution in [3.05, 3.63) is 129 Å². The fourth-order valence-electron chi connectivity index (χ4n) is 4.79. The van der Waals surface area contributed by atoms with Crippen LogP contribution in [-0.4, -0.2) is 23.2 Å². The Morgan fingerprint density at radius 3 is 1.13 bits per heavy atom. The Morgan fingerprint density at radius 2 is 0.809 bits per heavy atom. The minimum atomic E-state index is -0.318. The van der Waals surface area contributed by atoms with E-state index in [9.17, 15) is 9.59 Å². The summed E-state index contributed by atoms with van der Waals surface area (Å²) in [5.74, 6) is 22.9. The molecule has 0 spiro atoms. The van der Waals surface area contributed by atoms with Crippen molar-refractivity contribution >= 4 is 46.0 Å².